The van der Waals surface area contributed by atoms with Gasteiger partial charge in [0.1, 0.15) is 5.01 Å². The summed E-state index contributed by atoms with van der Waals surface area (Å²) in [6.45, 7) is 4.17. The van der Waals surface area contributed by atoms with Gasteiger partial charge >= 0.3 is 0 Å². The molecule has 1 aliphatic carbocycles. The van der Waals surface area contributed by atoms with E-state index in [-0.39, 0.29) is 48.4 Å². The lowest BCUT2D eigenvalue weighted by Gasteiger charge is -2.19. The number of nitrogens with one attached hydrogen (secondary N) is 1. The van der Waals surface area contributed by atoms with Gasteiger partial charge in [-0.2, -0.15) is 0 Å². The number of carbonyl (C=O) groups is 3. The Labute approximate surface area is 144 Å². The minimum absolute atomic E-state index is 0.0908. The average Bonchev–Trinajstić information content (AvgIpc) is 3.11. The molecule has 2 fully saturated rings. The van der Waals surface area contributed by atoms with Crippen LogP contribution < -0.4 is 5.32 Å². The van der Waals surface area contributed by atoms with Gasteiger partial charge in [-0.1, -0.05) is 38.0 Å². The summed E-state index contributed by atoms with van der Waals surface area (Å²) in [6.07, 6.45) is 3.68. The van der Waals surface area contributed by atoms with Crippen molar-refractivity contribution in [3.05, 3.63) is 5.01 Å². The molecule has 2 atom stereocenters. The van der Waals surface area contributed by atoms with Gasteiger partial charge in [-0.05, 0) is 12.8 Å². The fourth-order valence-electron chi connectivity index (χ4n) is 3.36. The van der Waals surface area contributed by atoms with Crippen LogP contribution in [-0.2, 0) is 14.4 Å². The van der Waals surface area contributed by atoms with Crippen molar-refractivity contribution < 1.29 is 14.4 Å². The molecule has 130 valence electrons. The van der Waals surface area contributed by atoms with Gasteiger partial charge in [-0.15, -0.1) is 10.2 Å². The standard InChI is InChI=1S/C16H22N4O3S/c1-9(2)13-18-19-16(24-13)17-12(21)7-8-20-14(22)10-5-3-4-6-11(10)15(20)23/h9-11H,3-8H2,1-2H3,(H,17,19,21). The van der Waals surface area contributed by atoms with Crippen LogP contribution in [0, 0.1) is 11.8 Å². The lowest BCUT2D eigenvalue weighted by Crippen LogP contribution is -2.34. The maximum atomic E-state index is 12.4. The molecule has 0 radical (unpaired) electrons. The van der Waals surface area contributed by atoms with Gasteiger partial charge < -0.3 is 5.32 Å². The first-order valence-electron chi connectivity index (χ1n) is 8.46. The molecule has 2 heterocycles. The van der Waals surface area contributed by atoms with E-state index < -0.39 is 0 Å². The van der Waals surface area contributed by atoms with Crippen LogP contribution in [-0.4, -0.2) is 39.4 Å². The zero-order valence-electron chi connectivity index (χ0n) is 13.9. The number of likely N-dealkylation sites (tertiary alicyclic amines) is 1. The summed E-state index contributed by atoms with van der Waals surface area (Å²) in [5.41, 5.74) is 0. The third-order valence-electron chi connectivity index (χ3n) is 4.68. The van der Waals surface area contributed by atoms with Crippen LogP contribution in [0.4, 0.5) is 5.13 Å². The highest BCUT2D eigenvalue weighted by Gasteiger charge is 2.47. The van der Waals surface area contributed by atoms with Gasteiger partial charge in [0, 0.05) is 18.9 Å². The van der Waals surface area contributed by atoms with Crippen LogP contribution in [0.15, 0.2) is 0 Å². The van der Waals surface area contributed by atoms with Crippen LogP contribution in [0.5, 0.6) is 0 Å². The molecule has 1 aliphatic heterocycles. The number of anilines is 1. The maximum absolute atomic E-state index is 12.4. The quantitative estimate of drug-likeness (QED) is 0.822. The van der Waals surface area contributed by atoms with Crippen molar-refractivity contribution in [1.82, 2.24) is 15.1 Å². The highest BCUT2D eigenvalue weighted by molar-refractivity contribution is 7.15. The van der Waals surface area contributed by atoms with E-state index in [0.717, 1.165) is 30.7 Å². The van der Waals surface area contributed by atoms with Gasteiger partial charge in [-0.25, -0.2) is 0 Å². The third-order valence-corrected chi connectivity index (χ3v) is 5.82. The number of hydrogen-bond donors (Lipinski definition) is 1. The smallest absolute Gasteiger partial charge is 0.233 e. The van der Waals surface area contributed by atoms with Crippen LogP contribution >= 0.6 is 11.3 Å². The monoisotopic (exact) mass is 350 g/mol. The summed E-state index contributed by atoms with van der Waals surface area (Å²) < 4.78 is 0. The van der Waals surface area contributed by atoms with Gasteiger partial charge in [-0.3, -0.25) is 19.3 Å². The fourth-order valence-corrected chi connectivity index (χ4v) is 4.13. The first kappa shape index (κ1) is 17.0. The summed E-state index contributed by atoms with van der Waals surface area (Å²) in [4.78, 5) is 38.0. The number of fused-ring (bicyclic) bond motifs is 1. The number of hydrogen-bond acceptors (Lipinski definition) is 6. The second-order valence-electron chi connectivity index (χ2n) is 6.72. The van der Waals surface area contributed by atoms with E-state index in [9.17, 15) is 14.4 Å². The van der Waals surface area contributed by atoms with Crippen molar-refractivity contribution in [1.29, 1.82) is 0 Å². The molecular weight excluding hydrogens is 328 g/mol. The van der Waals surface area contributed by atoms with Crippen LogP contribution in [0.2, 0.25) is 0 Å². The topological polar surface area (TPSA) is 92.3 Å². The number of amides is 3. The van der Waals surface area contributed by atoms with Crippen molar-refractivity contribution in [2.24, 2.45) is 11.8 Å². The summed E-state index contributed by atoms with van der Waals surface area (Å²) in [7, 11) is 0. The summed E-state index contributed by atoms with van der Waals surface area (Å²) >= 11 is 1.34. The number of carbonyl (C=O) groups excluding carboxylic acids is 3. The average molecular weight is 350 g/mol. The Bertz CT molecular complexity index is 634. The van der Waals surface area contributed by atoms with Crippen LogP contribution in [0.3, 0.4) is 0 Å². The minimum atomic E-state index is -0.253. The third kappa shape index (κ3) is 3.33. The molecule has 24 heavy (non-hydrogen) atoms. The fraction of sp³-hybridized carbons (Fsp3) is 0.688. The Hall–Kier alpha value is -1.83. The molecule has 7 nitrogen and oxygen atoms in total. The molecule has 0 spiro atoms. The van der Waals surface area contributed by atoms with Gasteiger partial charge in [0.05, 0.1) is 11.8 Å². The molecule has 2 aliphatic rings. The Kier molecular flexibility index (Phi) is 4.93. The van der Waals surface area contributed by atoms with Crippen molar-refractivity contribution >= 4 is 34.2 Å². The molecule has 1 saturated carbocycles. The molecule has 3 rings (SSSR count). The number of aromatic nitrogens is 2. The molecule has 1 N–H and O–H groups in total. The van der Waals surface area contributed by atoms with Gasteiger partial charge in [0.15, 0.2) is 0 Å². The SMILES string of the molecule is CC(C)c1nnc(NC(=O)CCN2C(=O)C3CCCCC3C2=O)s1. The Balaban J connectivity index is 1.54. The summed E-state index contributed by atoms with van der Waals surface area (Å²) in [6, 6.07) is 0. The number of rotatable bonds is 5. The van der Waals surface area contributed by atoms with E-state index in [0.29, 0.717) is 5.13 Å². The zero-order valence-corrected chi connectivity index (χ0v) is 14.8. The maximum Gasteiger partial charge on any atom is 0.233 e. The highest BCUT2D eigenvalue weighted by Crippen LogP contribution is 2.38. The van der Waals surface area contributed by atoms with E-state index in [1.54, 1.807) is 0 Å². The second kappa shape index (κ2) is 6.96. The van der Waals surface area contributed by atoms with Gasteiger partial charge in [0.25, 0.3) is 0 Å². The Morgan fingerprint density at radius 2 is 1.83 bits per heavy atom. The van der Waals surface area contributed by atoms with E-state index in [4.69, 9.17) is 0 Å². The van der Waals surface area contributed by atoms with Crippen LogP contribution in [0.25, 0.3) is 0 Å². The number of nitrogens with zero attached hydrogens (tertiary/aromatic N) is 3. The predicted octanol–water partition coefficient (Wildman–Crippen LogP) is 2.17. The Morgan fingerprint density at radius 3 is 2.38 bits per heavy atom. The normalized spacial score (nSPS) is 23.7. The highest BCUT2D eigenvalue weighted by atomic mass is 32.1. The van der Waals surface area contributed by atoms with E-state index in [2.05, 4.69) is 15.5 Å². The largest absolute Gasteiger partial charge is 0.300 e. The lowest BCUT2D eigenvalue weighted by atomic mass is 9.81. The molecule has 2 unspecified atom stereocenters. The summed E-state index contributed by atoms with van der Waals surface area (Å²) in [5, 5.41) is 12.0. The van der Waals surface area contributed by atoms with E-state index in [1.165, 1.54) is 16.2 Å². The molecule has 8 heteroatoms. The molecule has 1 aromatic rings. The van der Waals surface area contributed by atoms with Crippen molar-refractivity contribution in [3.63, 3.8) is 0 Å². The molecule has 1 saturated heterocycles. The predicted molar refractivity (Wildman–Crippen MR) is 89.4 cm³/mol. The molecular formula is C16H22N4O3S. The number of imide groups is 1. The van der Waals surface area contributed by atoms with Crippen LogP contribution in [0.1, 0.15) is 56.9 Å². The molecule has 3 amide bonds. The Morgan fingerprint density at radius 1 is 1.21 bits per heavy atom. The first-order valence-corrected chi connectivity index (χ1v) is 9.27. The van der Waals surface area contributed by atoms with E-state index in [1.807, 2.05) is 13.8 Å². The van der Waals surface area contributed by atoms with Crippen molar-refractivity contribution in [3.8, 4) is 0 Å². The van der Waals surface area contributed by atoms with E-state index >= 15 is 0 Å². The lowest BCUT2D eigenvalue weighted by molar-refractivity contribution is -0.140. The zero-order chi connectivity index (χ0) is 17.3. The second-order valence-corrected chi connectivity index (χ2v) is 7.73. The first-order chi connectivity index (χ1) is 11.5. The van der Waals surface area contributed by atoms with Gasteiger partial charge in [0.2, 0.25) is 22.9 Å². The van der Waals surface area contributed by atoms with Crippen molar-refractivity contribution in [2.75, 3.05) is 11.9 Å². The van der Waals surface area contributed by atoms with Crippen molar-refractivity contribution in [2.45, 2.75) is 51.9 Å². The summed E-state index contributed by atoms with van der Waals surface area (Å²) in [5.74, 6) is -0.517. The molecule has 0 aromatic carbocycles. The molecule has 1 aromatic heterocycles. The molecule has 0 bridgehead atoms. The minimum Gasteiger partial charge on any atom is -0.300 e.